The maximum atomic E-state index is 11.2. The lowest BCUT2D eigenvalue weighted by atomic mass is 9.97. The van der Waals surface area contributed by atoms with Crippen LogP contribution in [0.1, 0.15) is 32.6 Å². The fourth-order valence-corrected chi connectivity index (χ4v) is 1.50. The van der Waals surface area contributed by atoms with Crippen molar-refractivity contribution < 1.29 is 19.5 Å². The van der Waals surface area contributed by atoms with Crippen LogP contribution in [0.25, 0.3) is 0 Å². The number of nitrogens with one attached hydrogen (secondary N) is 2. The number of carbonyl (C=O) groups is 3. The van der Waals surface area contributed by atoms with Crippen LogP contribution in [-0.2, 0) is 9.59 Å². The Bertz CT molecular complexity index is 294. The van der Waals surface area contributed by atoms with Crippen LogP contribution in [0.3, 0.4) is 0 Å². The van der Waals surface area contributed by atoms with Crippen LogP contribution in [0.15, 0.2) is 0 Å². The minimum atomic E-state index is -0.805. The summed E-state index contributed by atoms with van der Waals surface area (Å²) in [6, 6.07) is -0.443. The van der Waals surface area contributed by atoms with E-state index >= 15 is 0 Å². The highest BCUT2D eigenvalue weighted by Crippen LogP contribution is 2.14. The van der Waals surface area contributed by atoms with Crippen molar-refractivity contribution in [3.8, 4) is 0 Å². The zero-order chi connectivity index (χ0) is 14.0. The molecule has 7 nitrogen and oxygen atoms in total. The van der Waals surface area contributed by atoms with Crippen molar-refractivity contribution in [2.45, 2.75) is 32.6 Å². The average molecular weight is 259 g/mol. The predicted octanol–water partition coefficient (Wildman–Crippen LogP) is 0.0520. The molecule has 0 saturated carbocycles. The molecule has 104 valence electrons. The zero-order valence-corrected chi connectivity index (χ0v) is 10.6. The molecule has 1 unspecified atom stereocenters. The number of carboxylic acids is 1. The molecular weight excluding hydrogens is 238 g/mol. The van der Waals surface area contributed by atoms with E-state index in [0.29, 0.717) is 19.4 Å². The van der Waals surface area contributed by atoms with Crippen LogP contribution in [0.2, 0.25) is 0 Å². The first kappa shape index (κ1) is 16.2. The largest absolute Gasteiger partial charge is 0.481 e. The summed E-state index contributed by atoms with van der Waals surface area (Å²) in [5.74, 6) is -1.13. The smallest absolute Gasteiger partial charge is 0.315 e. The molecule has 0 aliphatic heterocycles. The molecule has 7 heteroatoms. The van der Waals surface area contributed by atoms with E-state index < -0.39 is 17.9 Å². The van der Waals surface area contributed by atoms with E-state index in [4.69, 9.17) is 10.8 Å². The number of urea groups is 1. The fourth-order valence-electron chi connectivity index (χ4n) is 1.50. The summed E-state index contributed by atoms with van der Waals surface area (Å²) in [4.78, 5) is 32.0. The van der Waals surface area contributed by atoms with E-state index in [9.17, 15) is 14.4 Å². The van der Waals surface area contributed by atoms with Crippen molar-refractivity contribution in [1.82, 2.24) is 10.6 Å². The number of hydrogen-bond acceptors (Lipinski definition) is 3. The first-order chi connectivity index (χ1) is 8.45. The van der Waals surface area contributed by atoms with Gasteiger partial charge in [-0.1, -0.05) is 13.3 Å². The van der Waals surface area contributed by atoms with Gasteiger partial charge in [-0.15, -0.1) is 0 Å². The molecule has 0 aromatic carbocycles. The van der Waals surface area contributed by atoms with E-state index in [1.165, 1.54) is 0 Å². The van der Waals surface area contributed by atoms with Crippen LogP contribution in [-0.4, -0.2) is 36.1 Å². The molecule has 0 heterocycles. The minimum Gasteiger partial charge on any atom is -0.481 e. The van der Waals surface area contributed by atoms with Crippen molar-refractivity contribution in [2.75, 3.05) is 13.1 Å². The molecule has 3 amide bonds. The third kappa shape index (κ3) is 9.44. The van der Waals surface area contributed by atoms with Crippen molar-refractivity contribution in [2.24, 2.45) is 11.7 Å². The van der Waals surface area contributed by atoms with E-state index in [-0.39, 0.29) is 18.9 Å². The number of aliphatic carboxylic acids is 1. The standard InChI is InChI=1S/C11H21N3O4/c1-2-8(3-4-10(16)17)5-6-13-11(18)14-7-9(12)15/h8H,2-7H2,1H3,(H2,12,15)(H,16,17)(H2,13,14,18). The quantitative estimate of drug-likeness (QED) is 0.467. The van der Waals surface area contributed by atoms with Crippen molar-refractivity contribution >= 4 is 17.9 Å². The lowest BCUT2D eigenvalue weighted by Gasteiger charge is -2.14. The number of nitrogens with two attached hydrogens (primary N) is 1. The minimum absolute atomic E-state index is 0.145. The number of carbonyl (C=O) groups excluding carboxylic acids is 2. The summed E-state index contributed by atoms with van der Waals surface area (Å²) in [7, 11) is 0. The predicted molar refractivity (Wildman–Crippen MR) is 65.9 cm³/mol. The van der Waals surface area contributed by atoms with Crippen molar-refractivity contribution in [1.29, 1.82) is 0 Å². The fraction of sp³-hybridized carbons (Fsp3) is 0.727. The van der Waals surface area contributed by atoms with E-state index in [1.54, 1.807) is 0 Å². The van der Waals surface area contributed by atoms with Gasteiger partial charge in [0.15, 0.2) is 0 Å². The molecular formula is C11H21N3O4. The molecule has 0 aliphatic carbocycles. The molecule has 0 radical (unpaired) electrons. The Morgan fingerprint density at radius 2 is 1.89 bits per heavy atom. The molecule has 0 aromatic rings. The van der Waals surface area contributed by atoms with Gasteiger partial charge in [-0.2, -0.15) is 0 Å². The van der Waals surface area contributed by atoms with Crippen molar-refractivity contribution in [3.63, 3.8) is 0 Å². The Kier molecular flexibility index (Phi) is 8.34. The third-order valence-corrected chi connectivity index (χ3v) is 2.61. The SMILES string of the molecule is CCC(CCNC(=O)NCC(N)=O)CCC(=O)O. The van der Waals surface area contributed by atoms with Gasteiger partial charge in [-0.3, -0.25) is 9.59 Å². The van der Waals surface area contributed by atoms with Crippen LogP contribution in [0.5, 0.6) is 0 Å². The maximum Gasteiger partial charge on any atom is 0.315 e. The van der Waals surface area contributed by atoms with Gasteiger partial charge in [0, 0.05) is 13.0 Å². The molecule has 18 heavy (non-hydrogen) atoms. The lowest BCUT2D eigenvalue weighted by Crippen LogP contribution is -2.40. The second-order valence-electron chi connectivity index (χ2n) is 4.07. The van der Waals surface area contributed by atoms with Gasteiger partial charge in [0.25, 0.3) is 0 Å². The summed E-state index contributed by atoms with van der Waals surface area (Å²) >= 11 is 0. The summed E-state index contributed by atoms with van der Waals surface area (Å²) in [5, 5.41) is 13.5. The molecule has 5 N–H and O–H groups in total. The normalized spacial score (nSPS) is 11.6. The number of hydrogen-bond donors (Lipinski definition) is 4. The van der Waals surface area contributed by atoms with Gasteiger partial charge in [-0.25, -0.2) is 4.79 Å². The molecule has 0 aromatic heterocycles. The van der Waals surface area contributed by atoms with E-state index in [2.05, 4.69) is 10.6 Å². The molecule has 0 bridgehead atoms. The molecule has 1 atom stereocenters. The van der Waals surface area contributed by atoms with Crippen LogP contribution in [0.4, 0.5) is 4.79 Å². The summed E-state index contributed by atoms with van der Waals surface area (Å²) < 4.78 is 0. The van der Waals surface area contributed by atoms with E-state index in [0.717, 1.165) is 6.42 Å². The molecule has 0 spiro atoms. The highest BCUT2D eigenvalue weighted by molar-refractivity contribution is 5.82. The van der Waals surface area contributed by atoms with Crippen LogP contribution >= 0.6 is 0 Å². The summed E-state index contributed by atoms with van der Waals surface area (Å²) in [6.45, 7) is 2.24. The van der Waals surface area contributed by atoms with Gasteiger partial charge >= 0.3 is 12.0 Å². The Labute approximate surface area is 106 Å². The molecule has 0 aliphatic rings. The summed E-state index contributed by atoms with van der Waals surface area (Å²) in [5.41, 5.74) is 4.87. The number of carboxylic acid groups (broad SMARTS) is 1. The van der Waals surface area contributed by atoms with Crippen LogP contribution < -0.4 is 16.4 Å². The first-order valence-electron chi connectivity index (χ1n) is 5.97. The first-order valence-corrected chi connectivity index (χ1v) is 5.97. The monoisotopic (exact) mass is 259 g/mol. The van der Waals surface area contributed by atoms with Gasteiger partial charge in [0.05, 0.1) is 6.54 Å². The number of primary amides is 1. The van der Waals surface area contributed by atoms with Crippen molar-refractivity contribution in [3.05, 3.63) is 0 Å². The maximum absolute atomic E-state index is 11.2. The Hall–Kier alpha value is -1.79. The van der Waals surface area contributed by atoms with Gasteiger partial charge in [0.2, 0.25) is 5.91 Å². The molecule has 0 saturated heterocycles. The van der Waals surface area contributed by atoms with Gasteiger partial charge < -0.3 is 21.5 Å². The van der Waals surface area contributed by atoms with Gasteiger partial charge in [-0.05, 0) is 18.8 Å². The molecule has 0 rings (SSSR count). The average Bonchev–Trinajstić information content (AvgIpc) is 2.30. The third-order valence-electron chi connectivity index (χ3n) is 2.61. The number of amides is 3. The Morgan fingerprint density at radius 1 is 1.22 bits per heavy atom. The highest BCUT2D eigenvalue weighted by atomic mass is 16.4. The number of rotatable bonds is 9. The van der Waals surface area contributed by atoms with Gasteiger partial charge in [0.1, 0.15) is 0 Å². The second-order valence-corrected chi connectivity index (χ2v) is 4.07. The van der Waals surface area contributed by atoms with E-state index in [1.807, 2.05) is 6.92 Å². The zero-order valence-electron chi connectivity index (χ0n) is 10.6. The lowest BCUT2D eigenvalue weighted by molar-refractivity contribution is -0.137. The topological polar surface area (TPSA) is 122 Å². The Balaban J connectivity index is 3.69. The highest BCUT2D eigenvalue weighted by Gasteiger charge is 2.09. The van der Waals surface area contributed by atoms with Crippen LogP contribution in [0, 0.1) is 5.92 Å². The summed E-state index contributed by atoms with van der Waals surface area (Å²) in [6.07, 6.45) is 2.34. The second kappa shape index (κ2) is 9.26. The Morgan fingerprint density at radius 3 is 2.39 bits per heavy atom. The molecule has 0 fully saturated rings.